The normalized spacial score (nSPS) is 17.5. The van der Waals surface area contributed by atoms with Gasteiger partial charge < -0.3 is 10.2 Å². The molecule has 29 heavy (non-hydrogen) atoms. The van der Waals surface area contributed by atoms with Gasteiger partial charge in [-0.05, 0) is 30.6 Å². The lowest BCUT2D eigenvalue weighted by molar-refractivity contribution is -0.144. The number of alkyl halides is 3. The zero-order valence-electron chi connectivity index (χ0n) is 16.0. The van der Waals surface area contributed by atoms with E-state index in [1.165, 1.54) is 4.88 Å². The van der Waals surface area contributed by atoms with Crippen molar-refractivity contribution >= 4 is 28.1 Å². The van der Waals surface area contributed by atoms with Crippen molar-refractivity contribution in [3.63, 3.8) is 0 Å². The number of piperazine rings is 1. The highest BCUT2D eigenvalue weighted by Crippen LogP contribution is 2.31. The lowest BCUT2D eigenvalue weighted by atomic mass is 10.1. The van der Waals surface area contributed by atoms with E-state index in [2.05, 4.69) is 38.2 Å². The van der Waals surface area contributed by atoms with E-state index in [-0.39, 0.29) is 17.4 Å². The molecule has 3 heterocycles. The summed E-state index contributed by atoms with van der Waals surface area (Å²) in [6.07, 6.45) is -4.59. The topological polar surface area (TPSA) is 44.3 Å². The van der Waals surface area contributed by atoms with Crippen LogP contribution in [0.15, 0.2) is 41.8 Å². The summed E-state index contributed by atoms with van der Waals surface area (Å²) in [5.41, 5.74) is 0.282. The third kappa shape index (κ3) is 4.52. The van der Waals surface area contributed by atoms with Crippen LogP contribution in [0.4, 0.5) is 19.0 Å². The molecule has 0 saturated carbocycles. The first-order valence-electron chi connectivity index (χ1n) is 9.45. The van der Waals surface area contributed by atoms with Gasteiger partial charge in [-0.25, -0.2) is 9.97 Å². The van der Waals surface area contributed by atoms with Gasteiger partial charge in [0.25, 0.3) is 0 Å². The van der Waals surface area contributed by atoms with Crippen LogP contribution in [-0.4, -0.2) is 59.5 Å². The van der Waals surface area contributed by atoms with Gasteiger partial charge in [-0.15, -0.1) is 11.3 Å². The van der Waals surface area contributed by atoms with Crippen molar-refractivity contribution in [2.45, 2.75) is 12.2 Å². The molecule has 1 N–H and O–H groups in total. The van der Waals surface area contributed by atoms with Gasteiger partial charge in [-0.2, -0.15) is 13.2 Å². The Bertz CT molecular complexity index is 952. The molecular formula is C20H22F3N5S. The minimum absolute atomic E-state index is 0.0757. The van der Waals surface area contributed by atoms with Gasteiger partial charge >= 0.3 is 6.18 Å². The van der Waals surface area contributed by atoms with E-state index in [9.17, 15) is 13.2 Å². The van der Waals surface area contributed by atoms with Gasteiger partial charge in [0, 0.05) is 43.0 Å². The fraction of sp³-hybridized carbons (Fsp3) is 0.400. The Hall–Kier alpha value is -2.23. The van der Waals surface area contributed by atoms with Crippen molar-refractivity contribution in [1.29, 1.82) is 0 Å². The molecule has 1 aromatic carbocycles. The molecule has 1 fully saturated rings. The minimum atomic E-state index is -4.59. The number of hydrogen-bond donors (Lipinski definition) is 1. The Morgan fingerprint density at radius 3 is 2.52 bits per heavy atom. The highest BCUT2D eigenvalue weighted by atomic mass is 32.1. The zero-order chi connectivity index (χ0) is 20.4. The maximum atomic E-state index is 13.3. The van der Waals surface area contributed by atoms with Gasteiger partial charge in [-0.3, -0.25) is 4.90 Å². The summed E-state index contributed by atoms with van der Waals surface area (Å²) in [6.45, 7) is 4.24. The average Bonchev–Trinajstić information content (AvgIpc) is 3.23. The molecule has 9 heteroatoms. The average molecular weight is 421 g/mol. The molecule has 0 unspecified atom stereocenters. The second-order valence-corrected chi connectivity index (χ2v) is 8.14. The third-order valence-electron chi connectivity index (χ3n) is 5.17. The molecule has 0 radical (unpaired) electrons. The second-order valence-electron chi connectivity index (χ2n) is 7.16. The van der Waals surface area contributed by atoms with Crippen molar-refractivity contribution in [2.75, 3.05) is 45.1 Å². The van der Waals surface area contributed by atoms with E-state index in [0.717, 1.165) is 26.2 Å². The number of rotatable bonds is 5. The predicted octanol–water partition coefficient (Wildman–Crippen LogP) is 4.11. The maximum absolute atomic E-state index is 13.3. The summed E-state index contributed by atoms with van der Waals surface area (Å²) in [6, 6.07) is 10.9. The second kappa shape index (κ2) is 8.25. The van der Waals surface area contributed by atoms with Crippen LogP contribution in [0, 0.1) is 0 Å². The molecule has 1 atom stereocenters. The lowest BCUT2D eigenvalue weighted by Gasteiger charge is -2.37. The van der Waals surface area contributed by atoms with Crippen LogP contribution in [0.1, 0.15) is 16.7 Å². The van der Waals surface area contributed by atoms with E-state index < -0.39 is 12.0 Å². The van der Waals surface area contributed by atoms with Crippen LogP contribution in [0.2, 0.25) is 0 Å². The van der Waals surface area contributed by atoms with Crippen LogP contribution in [0.25, 0.3) is 10.9 Å². The summed E-state index contributed by atoms with van der Waals surface area (Å²) in [5, 5.41) is 5.81. The number of halogens is 3. The monoisotopic (exact) mass is 421 g/mol. The number of aromatic nitrogens is 2. The zero-order valence-corrected chi connectivity index (χ0v) is 16.8. The van der Waals surface area contributed by atoms with Crippen molar-refractivity contribution in [3.8, 4) is 0 Å². The van der Waals surface area contributed by atoms with E-state index in [0.29, 0.717) is 11.9 Å². The molecule has 0 spiro atoms. The van der Waals surface area contributed by atoms with Crippen molar-refractivity contribution in [3.05, 3.63) is 52.5 Å². The quantitative estimate of drug-likeness (QED) is 0.672. The van der Waals surface area contributed by atoms with Gasteiger partial charge in [-0.1, -0.05) is 18.2 Å². The van der Waals surface area contributed by atoms with Crippen molar-refractivity contribution < 1.29 is 13.2 Å². The summed E-state index contributed by atoms with van der Waals surface area (Å²) in [7, 11) is 2.10. The Morgan fingerprint density at radius 1 is 1.07 bits per heavy atom. The molecule has 1 saturated heterocycles. The smallest absolute Gasteiger partial charge is 0.367 e. The number of para-hydroxylation sites is 1. The van der Waals surface area contributed by atoms with E-state index in [4.69, 9.17) is 0 Å². The Morgan fingerprint density at radius 2 is 1.83 bits per heavy atom. The molecular weight excluding hydrogens is 399 g/mol. The fourth-order valence-electron chi connectivity index (χ4n) is 3.56. The molecule has 0 aliphatic carbocycles. The van der Waals surface area contributed by atoms with E-state index in [1.807, 2.05) is 11.4 Å². The number of anilines is 1. The molecule has 0 bridgehead atoms. The number of nitrogens with one attached hydrogen (secondary N) is 1. The summed E-state index contributed by atoms with van der Waals surface area (Å²) < 4.78 is 39.8. The number of benzene rings is 1. The molecule has 154 valence electrons. The SMILES string of the molecule is CN1CCN([C@@H](CNc2nc(C(F)(F)F)nc3ccccc23)c2cccs2)CC1. The first-order chi connectivity index (χ1) is 13.9. The summed E-state index contributed by atoms with van der Waals surface area (Å²) in [4.78, 5) is 13.4. The van der Waals surface area contributed by atoms with Gasteiger partial charge in [0.15, 0.2) is 0 Å². The standard InChI is InChI=1S/C20H22F3N5S/c1-27-8-10-28(11-9-27)16(17-7-4-12-29-17)13-24-18-14-5-2-3-6-15(14)25-19(26-18)20(21,22)23/h2-7,12,16H,8-11,13H2,1H3,(H,24,25,26)/t16-/m0/s1. The largest absolute Gasteiger partial charge is 0.451 e. The number of nitrogens with zero attached hydrogens (tertiary/aromatic N) is 4. The van der Waals surface area contributed by atoms with E-state index >= 15 is 0 Å². The van der Waals surface area contributed by atoms with Crippen LogP contribution >= 0.6 is 11.3 Å². The van der Waals surface area contributed by atoms with Crippen molar-refractivity contribution in [1.82, 2.24) is 19.8 Å². The van der Waals surface area contributed by atoms with Crippen LogP contribution in [0.5, 0.6) is 0 Å². The van der Waals surface area contributed by atoms with Gasteiger partial charge in [0.05, 0.1) is 11.6 Å². The van der Waals surface area contributed by atoms with Crippen LogP contribution in [0.3, 0.4) is 0 Å². The van der Waals surface area contributed by atoms with Crippen LogP contribution in [-0.2, 0) is 6.18 Å². The van der Waals surface area contributed by atoms with Crippen LogP contribution < -0.4 is 5.32 Å². The summed E-state index contributed by atoms with van der Waals surface area (Å²) in [5.74, 6) is -0.899. The lowest BCUT2D eigenvalue weighted by Crippen LogP contribution is -2.47. The third-order valence-corrected chi connectivity index (χ3v) is 6.14. The number of thiophene rings is 1. The molecule has 1 aliphatic heterocycles. The molecule has 0 amide bonds. The predicted molar refractivity (Wildman–Crippen MR) is 109 cm³/mol. The first kappa shape index (κ1) is 20.1. The molecule has 5 nitrogen and oxygen atoms in total. The molecule has 4 rings (SSSR count). The maximum Gasteiger partial charge on any atom is 0.451 e. The highest BCUT2D eigenvalue weighted by molar-refractivity contribution is 7.10. The van der Waals surface area contributed by atoms with Gasteiger partial charge in [0.2, 0.25) is 5.82 Å². The fourth-order valence-corrected chi connectivity index (χ4v) is 4.42. The minimum Gasteiger partial charge on any atom is -0.367 e. The number of likely N-dealkylation sites (N-methyl/N-ethyl adjacent to an activating group) is 1. The van der Waals surface area contributed by atoms with Crippen molar-refractivity contribution in [2.24, 2.45) is 0 Å². The first-order valence-corrected chi connectivity index (χ1v) is 10.3. The highest BCUT2D eigenvalue weighted by Gasteiger charge is 2.35. The Labute approximate surface area is 171 Å². The Balaban J connectivity index is 1.62. The number of fused-ring (bicyclic) bond motifs is 1. The number of hydrogen-bond acceptors (Lipinski definition) is 6. The molecule has 3 aromatic rings. The Kier molecular flexibility index (Phi) is 5.71. The molecule has 1 aliphatic rings. The summed E-state index contributed by atoms with van der Waals surface area (Å²) >= 11 is 1.66. The molecule has 2 aromatic heterocycles. The van der Waals surface area contributed by atoms with Gasteiger partial charge in [0.1, 0.15) is 5.82 Å². The van der Waals surface area contributed by atoms with E-state index in [1.54, 1.807) is 35.6 Å².